The summed E-state index contributed by atoms with van der Waals surface area (Å²) >= 11 is 7.32. The number of nitro groups is 1. The van der Waals surface area contributed by atoms with Crippen molar-refractivity contribution in [3.8, 4) is 0 Å². The van der Waals surface area contributed by atoms with E-state index in [-0.39, 0.29) is 22.8 Å². The molecule has 0 fully saturated rings. The normalized spacial score (nSPS) is 11.0. The maximum atomic E-state index is 12.4. The molecule has 0 atom stereocenters. The van der Waals surface area contributed by atoms with E-state index in [4.69, 9.17) is 16.3 Å². The van der Waals surface area contributed by atoms with Crippen LogP contribution in [0.15, 0.2) is 29.6 Å². The number of rotatable bonds is 11. The molecule has 0 unspecified atom stereocenters. The Morgan fingerprint density at radius 1 is 1.34 bits per heavy atom. The zero-order valence-electron chi connectivity index (χ0n) is 17.5. The van der Waals surface area contributed by atoms with E-state index < -0.39 is 10.8 Å². The number of carbonyl (C=O) groups excluding carboxylic acids is 1. The van der Waals surface area contributed by atoms with E-state index in [0.29, 0.717) is 36.3 Å². The lowest BCUT2D eigenvalue weighted by Gasteiger charge is -2.09. The largest absolute Gasteiger partial charge is 0.383 e. The second-order valence-electron chi connectivity index (χ2n) is 6.49. The molecular formula is C19H22ClN7O4S. The first-order valence-electron chi connectivity index (χ1n) is 9.75. The van der Waals surface area contributed by atoms with E-state index in [9.17, 15) is 14.9 Å². The van der Waals surface area contributed by atoms with Gasteiger partial charge in [0.1, 0.15) is 10.8 Å². The molecule has 0 aliphatic heterocycles. The van der Waals surface area contributed by atoms with Crippen LogP contribution in [0.1, 0.15) is 17.3 Å². The molecule has 3 aromatic rings. The zero-order valence-corrected chi connectivity index (χ0v) is 19.1. The van der Waals surface area contributed by atoms with Gasteiger partial charge in [0.25, 0.3) is 11.6 Å². The average Bonchev–Trinajstić information content (AvgIpc) is 3.17. The van der Waals surface area contributed by atoms with Crippen LogP contribution in [0.25, 0.3) is 11.0 Å². The SMILES string of the molecule is CCSc1nc(NCCOC)c2cnn(CCNC(=O)c3ccc(Cl)c([N+](=O)[O-])c3)c2n1. The van der Waals surface area contributed by atoms with Crippen molar-refractivity contribution in [3.63, 3.8) is 0 Å². The van der Waals surface area contributed by atoms with Crippen molar-refractivity contribution in [2.45, 2.75) is 18.6 Å². The molecule has 3 rings (SSSR count). The lowest BCUT2D eigenvalue weighted by Crippen LogP contribution is -2.27. The summed E-state index contributed by atoms with van der Waals surface area (Å²) < 4.78 is 6.76. The Hall–Kier alpha value is -2.96. The number of carbonyl (C=O) groups is 1. The molecular weight excluding hydrogens is 458 g/mol. The average molecular weight is 480 g/mol. The number of anilines is 1. The lowest BCUT2D eigenvalue weighted by atomic mass is 10.2. The maximum Gasteiger partial charge on any atom is 0.288 e. The van der Waals surface area contributed by atoms with Gasteiger partial charge in [0.05, 0.1) is 29.7 Å². The Bertz CT molecular complexity index is 1120. The van der Waals surface area contributed by atoms with Crippen molar-refractivity contribution in [2.75, 3.05) is 37.9 Å². The first-order valence-corrected chi connectivity index (χ1v) is 11.1. The quantitative estimate of drug-likeness (QED) is 0.140. The number of nitrogens with zero attached hydrogens (tertiary/aromatic N) is 5. The van der Waals surface area contributed by atoms with Gasteiger partial charge in [-0.3, -0.25) is 14.9 Å². The van der Waals surface area contributed by atoms with Crippen LogP contribution in [0.5, 0.6) is 0 Å². The lowest BCUT2D eigenvalue weighted by molar-refractivity contribution is -0.384. The summed E-state index contributed by atoms with van der Waals surface area (Å²) in [7, 11) is 1.63. The van der Waals surface area contributed by atoms with E-state index in [0.717, 1.165) is 17.2 Å². The summed E-state index contributed by atoms with van der Waals surface area (Å²) in [6.45, 7) is 3.75. The molecule has 0 saturated carbocycles. The molecule has 170 valence electrons. The fourth-order valence-electron chi connectivity index (χ4n) is 2.87. The second-order valence-corrected chi connectivity index (χ2v) is 8.13. The molecule has 11 nitrogen and oxygen atoms in total. The Labute approximate surface area is 193 Å². The Balaban J connectivity index is 1.72. The fraction of sp³-hybridized carbons (Fsp3) is 0.368. The van der Waals surface area contributed by atoms with Gasteiger partial charge in [-0.05, 0) is 17.9 Å². The van der Waals surface area contributed by atoms with Gasteiger partial charge in [0.2, 0.25) is 0 Å². The van der Waals surface area contributed by atoms with Crippen LogP contribution < -0.4 is 10.6 Å². The van der Waals surface area contributed by atoms with Crippen LogP contribution in [0, 0.1) is 10.1 Å². The number of fused-ring (bicyclic) bond motifs is 1. The molecule has 0 saturated heterocycles. The van der Waals surface area contributed by atoms with Gasteiger partial charge in [-0.2, -0.15) is 5.10 Å². The highest BCUT2D eigenvalue weighted by atomic mass is 35.5. The van der Waals surface area contributed by atoms with E-state index in [1.165, 1.54) is 23.9 Å². The molecule has 2 aromatic heterocycles. The standard InChI is InChI=1S/C19H22ClN7O4S/c1-3-32-19-24-16(21-7-9-31-2)13-11-23-26(17(13)25-19)8-6-22-18(28)12-4-5-14(20)15(10-12)27(29)30/h4-5,10-11H,3,6-9H2,1-2H3,(H,22,28)(H,21,24,25). The van der Waals surface area contributed by atoms with Gasteiger partial charge in [0.15, 0.2) is 10.8 Å². The van der Waals surface area contributed by atoms with Crippen molar-refractivity contribution >= 4 is 51.8 Å². The van der Waals surface area contributed by atoms with Gasteiger partial charge in [0, 0.05) is 31.8 Å². The van der Waals surface area contributed by atoms with E-state index in [1.807, 2.05) is 6.92 Å². The van der Waals surface area contributed by atoms with Gasteiger partial charge in [-0.15, -0.1) is 0 Å². The highest BCUT2D eigenvalue weighted by molar-refractivity contribution is 7.99. The number of hydrogen-bond acceptors (Lipinski definition) is 9. The molecule has 2 heterocycles. The van der Waals surface area contributed by atoms with Crippen LogP contribution in [0.2, 0.25) is 5.02 Å². The number of amides is 1. The summed E-state index contributed by atoms with van der Waals surface area (Å²) in [5, 5.41) is 22.7. The topological polar surface area (TPSA) is 137 Å². The van der Waals surface area contributed by atoms with Crippen LogP contribution in [-0.4, -0.2) is 63.1 Å². The molecule has 32 heavy (non-hydrogen) atoms. The first-order chi connectivity index (χ1) is 15.4. The van der Waals surface area contributed by atoms with E-state index >= 15 is 0 Å². The number of benzene rings is 1. The first kappa shape index (κ1) is 23.7. The molecule has 13 heteroatoms. The second kappa shape index (κ2) is 11.1. The summed E-state index contributed by atoms with van der Waals surface area (Å²) in [6, 6.07) is 3.92. The minimum atomic E-state index is -0.626. The Morgan fingerprint density at radius 3 is 2.88 bits per heavy atom. The summed E-state index contributed by atoms with van der Waals surface area (Å²) in [6.07, 6.45) is 1.68. The monoisotopic (exact) mass is 479 g/mol. The van der Waals surface area contributed by atoms with E-state index in [2.05, 4.69) is 25.7 Å². The molecule has 1 aromatic carbocycles. The molecule has 1 amide bonds. The summed E-state index contributed by atoms with van der Waals surface area (Å²) in [4.78, 5) is 31.9. The number of aromatic nitrogens is 4. The minimum absolute atomic E-state index is 0.0232. The Morgan fingerprint density at radius 2 is 2.16 bits per heavy atom. The van der Waals surface area contributed by atoms with Crippen molar-refractivity contribution in [2.24, 2.45) is 0 Å². The molecule has 0 spiro atoms. The third-order valence-corrected chi connectivity index (χ3v) is 5.41. The van der Waals surface area contributed by atoms with Crippen LogP contribution in [0.4, 0.5) is 11.5 Å². The number of ether oxygens (including phenoxy) is 1. The number of halogens is 1. The third-order valence-electron chi connectivity index (χ3n) is 4.36. The number of hydrogen-bond donors (Lipinski definition) is 2. The number of nitro benzene ring substituents is 1. The van der Waals surface area contributed by atoms with Crippen LogP contribution in [0.3, 0.4) is 0 Å². The predicted molar refractivity (Wildman–Crippen MR) is 123 cm³/mol. The Kier molecular flexibility index (Phi) is 8.20. The summed E-state index contributed by atoms with van der Waals surface area (Å²) in [5.74, 6) is 1.05. The van der Waals surface area contributed by atoms with Crippen molar-refractivity contribution < 1.29 is 14.5 Å². The van der Waals surface area contributed by atoms with Gasteiger partial charge in [-0.25, -0.2) is 14.6 Å². The summed E-state index contributed by atoms with van der Waals surface area (Å²) in [5.41, 5.74) is 0.482. The van der Waals surface area contributed by atoms with E-state index in [1.54, 1.807) is 18.0 Å². The molecule has 0 radical (unpaired) electrons. The number of methoxy groups -OCH3 is 1. The highest BCUT2D eigenvalue weighted by Crippen LogP contribution is 2.25. The van der Waals surface area contributed by atoms with Gasteiger partial charge in [-0.1, -0.05) is 30.3 Å². The molecule has 2 N–H and O–H groups in total. The van der Waals surface area contributed by atoms with Gasteiger partial charge >= 0.3 is 0 Å². The van der Waals surface area contributed by atoms with Crippen molar-refractivity contribution in [1.29, 1.82) is 0 Å². The number of thioether (sulfide) groups is 1. The van der Waals surface area contributed by atoms with Crippen LogP contribution >= 0.6 is 23.4 Å². The van der Waals surface area contributed by atoms with Crippen molar-refractivity contribution in [1.82, 2.24) is 25.1 Å². The van der Waals surface area contributed by atoms with Crippen molar-refractivity contribution in [3.05, 3.63) is 45.1 Å². The number of nitrogens with one attached hydrogen (secondary N) is 2. The predicted octanol–water partition coefficient (Wildman–Crippen LogP) is 2.99. The highest BCUT2D eigenvalue weighted by Gasteiger charge is 2.17. The molecule has 0 bridgehead atoms. The van der Waals surface area contributed by atoms with Gasteiger partial charge < -0.3 is 15.4 Å². The fourth-order valence-corrected chi connectivity index (χ4v) is 3.62. The molecule has 0 aliphatic rings. The third kappa shape index (κ3) is 5.64. The van der Waals surface area contributed by atoms with Crippen LogP contribution in [-0.2, 0) is 11.3 Å². The maximum absolute atomic E-state index is 12.4. The smallest absolute Gasteiger partial charge is 0.288 e. The minimum Gasteiger partial charge on any atom is -0.383 e. The molecule has 0 aliphatic carbocycles. The zero-order chi connectivity index (χ0) is 23.1.